The molecule has 5 heterocycles. The first-order chi connectivity index (χ1) is 16.9. The number of nitrogens with zero attached hydrogens (tertiary/aromatic N) is 5. The number of morpholine rings is 1. The number of ether oxygens (including phenoxy) is 1. The maximum atomic E-state index is 14.1. The second-order valence-electron chi connectivity index (χ2n) is 8.83. The largest absolute Gasteiger partial charge is 0.502 e. The number of likely N-dealkylation sites (N-methyl/N-ethyl adjacent to an activating group) is 1. The average molecular weight is 502 g/mol. The number of hydrogen-bond donors (Lipinski definition) is 1. The van der Waals surface area contributed by atoms with Gasteiger partial charge in [0.15, 0.2) is 16.5 Å². The molecule has 35 heavy (non-hydrogen) atoms. The third kappa shape index (κ3) is 3.42. The number of carbonyl (C=O) groups excluding carboxylic acids is 1. The molecule has 9 nitrogen and oxygen atoms in total. The van der Waals surface area contributed by atoms with E-state index in [1.54, 1.807) is 9.58 Å². The van der Waals surface area contributed by atoms with Gasteiger partial charge in [0, 0.05) is 25.2 Å². The second kappa shape index (κ2) is 8.09. The Morgan fingerprint density at radius 3 is 2.83 bits per heavy atom. The summed E-state index contributed by atoms with van der Waals surface area (Å²) in [7, 11) is 0. The minimum atomic E-state index is -0.731. The van der Waals surface area contributed by atoms with Crippen molar-refractivity contribution in [1.29, 1.82) is 0 Å². The zero-order valence-electron chi connectivity index (χ0n) is 18.6. The topological polar surface area (TPSA) is 101 Å². The number of amides is 1. The normalized spacial score (nSPS) is 22.9. The van der Waals surface area contributed by atoms with Crippen molar-refractivity contribution in [3.05, 3.63) is 62.5 Å². The number of hydrogen-bond acceptors (Lipinski definition) is 8. The van der Waals surface area contributed by atoms with Crippen molar-refractivity contribution >= 4 is 17.2 Å². The number of carbonyl (C=O) groups is 1. The number of halogens is 2. The van der Waals surface area contributed by atoms with Gasteiger partial charge in [0.2, 0.25) is 5.43 Å². The lowest BCUT2D eigenvalue weighted by atomic mass is 10.1. The smallest absolute Gasteiger partial charge is 0.278 e. The van der Waals surface area contributed by atoms with E-state index in [-0.39, 0.29) is 46.6 Å². The summed E-state index contributed by atoms with van der Waals surface area (Å²) in [6, 6.07) is 3.30. The van der Waals surface area contributed by atoms with Gasteiger partial charge < -0.3 is 14.7 Å². The van der Waals surface area contributed by atoms with Crippen molar-refractivity contribution in [2.45, 2.75) is 44.6 Å². The molecule has 3 aliphatic rings. The summed E-state index contributed by atoms with van der Waals surface area (Å²) in [6.07, 6.45) is 2.78. The second-order valence-corrected chi connectivity index (χ2v) is 9.89. The van der Waals surface area contributed by atoms with Crippen LogP contribution in [0.5, 0.6) is 5.75 Å². The van der Waals surface area contributed by atoms with Crippen LogP contribution in [0, 0.1) is 11.6 Å². The highest BCUT2D eigenvalue weighted by molar-refractivity contribution is 7.14. The van der Waals surface area contributed by atoms with Gasteiger partial charge in [0.25, 0.3) is 5.91 Å². The Balaban J connectivity index is 1.41. The van der Waals surface area contributed by atoms with Gasteiger partial charge in [0.05, 0.1) is 24.3 Å². The molecule has 3 atom stereocenters. The molecule has 3 aromatic rings. The van der Waals surface area contributed by atoms with Gasteiger partial charge in [-0.1, -0.05) is 17.4 Å². The van der Waals surface area contributed by atoms with E-state index in [0.29, 0.717) is 18.1 Å². The van der Waals surface area contributed by atoms with Crippen LogP contribution < -0.4 is 10.4 Å². The highest BCUT2D eigenvalue weighted by Gasteiger charge is 2.50. The van der Waals surface area contributed by atoms with Crippen LogP contribution in [0.2, 0.25) is 0 Å². The van der Waals surface area contributed by atoms with E-state index < -0.39 is 28.7 Å². The predicted octanol–water partition coefficient (Wildman–Crippen LogP) is 2.24. The maximum Gasteiger partial charge on any atom is 0.278 e. The molecule has 2 fully saturated rings. The van der Waals surface area contributed by atoms with Crippen molar-refractivity contribution < 1.29 is 23.4 Å². The predicted molar refractivity (Wildman–Crippen MR) is 122 cm³/mol. The molecule has 1 aromatic carbocycles. The fourth-order valence-corrected chi connectivity index (χ4v) is 6.03. The van der Waals surface area contributed by atoms with Crippen molar-refractivity contribution in [3.63, 3.8) is 0 Å². The Kier molecular flexibility index (Phi) is 5.11. The lowest BCUT2D eigenvalue weighted by Crippen LogP contribution is -2.68. The highest BCUT2D eigenvalue weighted by atomic mass is 32.1. The number of aromatic nitrogens is 3. The lowest BCUT2D eigenvalue weighted by Gasteiger charge is -2.51. The molecule has 182 valence electrons. The van der Waals surface area contributed by atoms with Crippen molar-refractivity contribution in [2.24, 2.45) is 0 Å². The number of rotatable bonds is 4. The Morgan fingerprint density at radius 2 is 2.06 bits per heavy atom. The number of fused-ring (bicyclic) bond motifs is 6. The lowest BCUT2D eigenvalue weighted by molar-refractivity contribution is -0.0523. The molecule has 3 aliphatic heterocycles. The first-order valence-corrected chi connectivity index (χ1v) is 12.2. The number of aromatic hydroxyl groups is 1. The van der Waals surface area contributed by atoms with Crippen LogP contribution in [0.3, 0.4) is 0 Å². The van der Waals surface area contributed by atoms with Gasteiger partial charge in [-0.25, -0.2) is 8.78 Å². The zero-order chi connectivity index (χ0) is 24.4. The standard InChI is InChI=1S/C23H21F2N5O4S/c1-2-28-22-16-6-5-13(34-16)9-30(22)29-10-14(19(31)20(32)18(29)23(28)33)21-27-26-17(35-21)7-11-3-4-12(24)8-15(11)25/h3-4,8,10,13,16,22,32H,2,5-7,9H2,1H3/t13-,16+,22-/m0/s1. The molecule has 1 amide bonds. The minimum Gasteiger partial charge on any atom is -0.502 e. The summed E-state index contributed by atoms with van der Waals surface area (Å²) in [5, 5.41) is 21.6. The van der Waals surface area contributed by atoms with Gasteiger partial charge in [0.1, 0.15) is 22.8 Å². The molecule has 0 spiro atoms. The Morgan fingerprint density at radius 1 is 1.23 bits per heavy atom. The molecule has 6 rings (SSSR count). The van der Waals surface area contributed by atoms with Crippen molar-refractivity contribution in [1.82, 2.24) is 19.8 Å². The van der Waals surface area contributed by atoms with E-state index in [1.165, 1.54) is 12.3 Å². The van der Waals surface area contributed by atoms with E-state index in [2.05, 4.69) is 10.2 Å². The third-order valence-corrected chi connectivity index (χ3v) is 7.74. The SMILES string of the molecule is CCN1C(=O)c2c(O)c(=O)c(-c3nnc(Cc4ccc(F)cc4F)s3)cn2N2C[C@@H]3CC[C@@H](O3)[C@@H]12. The van der Waals surface area contributed by atoms with Crippen molar-refractivity contribution in [2.75, 3.05) is 18.1 Å². The van der Waals surface area contributed by atoms with E-state index in [9.17, 15) is 23.5 Å². The first kappa shape index (κ1) is 22.1. The fraction of sp³-hybridized carbons (Fsp3) is 0.391. The Hall–Kier alpha value is -3.38. The Labute approximate surface area is 202 Å². The molecule has 2 aromatic heterocycles. The van der Waals surface area contributed by atoms with Crippen LogP contribution in [-0.2, 0) is 11.2 Å². The highest BCUT2D eigenvalue weighted by Crippen LogP contribution is 2.37. The summed E-state index contributed by atoms with van der Waals surface area (Å²) in [5.74, 6) is -2.45. The molecule has 0 unspecified atom stereocenters. The van der Waals surface area contributed by atoms with Gasteiger partial charge in [-0.3, -0.25) is 19.3 Å². The van der Waals surface area contributed by atoms with Gasteiger partial charge in [-0.05, 0) is 31.4 Å². The summed E-state index contributed by atoms with van der Waals surface area (Å²) in [5.41, 5.74) is -0.483. The maximum absolute atomic E-state index is 14.1. The number of benzene rings is 1. The summed E-state index contributed by atoms with van der Waals surface area (Å²) >= 11 is 1.07. The molecular formula is C23H21F2N5O4S. The van der Waals surface area contributed by atoms with E-state index in [4.69, 9.17) is 4.74 Å². The molecule has 2 bridgehead atoms. The first-order valence-electron chi connectivity index (χ1n) is 11.3. The third-order valence-electron chi connectivity index (χ3n) is 6.79. The fourth-order valence-electron chi connectivity index (χ4n) is 5.16. The van der Waals surface area contributed by atoms with Crippen LogP contribution in [0.25, 0.3) is 10.6 Å². The Bertz CT molecular complexity index is 1410. The van der Waals surface area contributed by atoms with Crippen LogP contribution in [0.1, 0.15) is 40.8 Å². The van der Waals surface area contributed by atoms with E-state index in [1.807, 2.05) is 11.9 Å². The quantitative estimate of drug-likeness (QED) is 0.585. The minimum absolute atomic E-state index is 0.000216. The molecular weight excluding hydrogens is 480 g/mol. The summed E-state index contributed by atoms with van der Waals surface area (Å²) in [6.45, 7) is 2.76. The summed E-state index contributed by atoms with van der Waals surface area (Å²) in [4.78, 5) is 28.0. The number of pyridine rings is 1. The van der Waals surface area contributed by atoms with E-state index >= 15 is 0 Å². The molecule has 0 aliphatic carbocycles. The average Bonchev–Trinajstić information content (AvgIpc) is 3.45. The molecule has 0 radical (unpaired) electrons. The molecule has 2 saturated heterocycles. The van der Waals surface area contributed by atoms with Gasteiger partial charge in [-0.15, -0.1) is 10.2 Å². The monoisotopic (exact) mass is 501 g/mol. The van der Waals surface area contributed by atoms with Crippen LogP contribution in [0.15, 0.2) is 29.2 Å². The van der Waals surface area contributed by atoms with Crippen molar-refractivity contribution in [3.8, 4) is 16.3 Å². The van der Waals surface area contributed by atoms with Crippen LogP contribution in [0.4, 0.5) is 8.78 Å². The molecule has 0 saturated carbocycles. The molecule has 1 N–H and O–H groups in total. The van der Waals surface area contributed by atoms with Gasteiger partial charge >= 0.3 is 0 Å². The van der Waals surface area contributed by atoms with E-state index in [0.717, 1.165) is 36.3 Å². The summed E-state index contributed by atoms with van der Waals surface area (Å²) < 4.78 is 34.9. The zero-order valence-corrected chi connectivity index (χ0v) is 19.5. The molecule has 12 heteroatoms. The van der Waals surface area contributed by atoms with Gasteiger partial charge in [-0.2, -0.15) is 0 Å². The van der Waals surface area contributed by atoms with Crippen LogP contribution >= 0.6 is 11.3 Å². The van der Waals surface area contributed by atoms with Crippen LogP contribution in [-0.4, -0.2) is 62.3 Å².